The summed E-state index contributed by atoms with van der Waals surface area (Å²) in [5.74, 6) is 0. The molecule has 0 heterocycles. The second-order valence-electron chi connectivity index (χ2n) is 5.18. The van der Waals surface area contributed by atoms with Crippen molar-refractivity contribution in [3.63, 3.8) is 0 Å². The van der Waals surface area contributed by atoms with Crippen molar-refractivity contribution in [1.29, 1.82) is 0 Å². The van der Waals surface area contributed by atoms with Crippen LogP contribution in [0, 0.1) is 6.92 Å². The monoisotopic (exact) mass is 334 g/mol. The molecule has 2 rings (SSSR count). The molecule has 1 fully saturated rings. The van der Waals surface area contributed by atoms with E-state index in [1.807, 2.05) is 6.26 Å². The molecule has 1 aromatic rings. The van der Waals surface area contributed by atoms with E-state index in [1.54, 1.807) is 18.7 Å². The minimum absolute atomic E-state index is 0.0487. The van der Waals surface area contributed by atoms with Crippen molar-refractivity contribution in [2.45, 2.75) is 35.8 Å². The molecule has 1 aromatic carbocycles. The third-order valence-electron chi connectivity index (χ3n) is 3.95. The summed E-state index contributed by atoms with van der Waals surface area (Å²) in [4.78, 5) is 0.126. The van der Waals surface area contributed by atoms with Gasteiger partial charge in [0.05, 0.1) is 4.90 Å². The van der Waals surface area contributed by atoms with E-state index in [-0.39, 0.29) is 9.64 Å². The number of thioether (sulfide) groups is 1. The highest BCUT2D eigenvalue weighted by Crippen LogP contribution is 2.42. The van der Waals surface area contributed by atoms with E-state index in [9.17, 15) is 8.42 Å². The van der Waals surface area contributed by atoms with Gasteiger partial charge in [-0.1, -0.05) is 18.0 Å². The van der Waals surface area contributed by atoms with Crippen molar-refractivity contribution in [2.75, 3.05) is 18.5 Å². The summed E-state index contributed by atoms with van der Waals surface area (Å²) < 4.78 is 27.4. The van der Waals surface area contributed by atoms with Crippen LogP contribution in [-0.4, -0.2) is 26.0 Å². The number of benzene rings is 1. The maximum absolute atomic E-state index is 12.3. The molecule has 20 heavy (non-hydrogen) atoms. The highest BCUT2D eigenvalue weighted by atomic mass is 35.5. The maximum atomic E-state index is 12.3. The molecule has 112 valence electrons. The summed E-state index contributed by atoms with van der Waals surface area (Å²) >= 11 is 7.73. The summed E-state index contributed by atoms with van der Waals surface area (Å²) in [5.41, 5.74) is 6.87. The molecule has 0 amide bonds. The summed E-state index contributed by atoms with van der Waals surface area (Å²) in [5, 5.41) is 0.369. The summed E-state index contributed by atoms with van der Waals surface area (Å²) in [7, 11) is -3.57. The highest BCUT2D eigenvalue weighted by molar-refractivity contribution is 8.00. The van der Waals surface area contributed by atoms with Gasteiger partial charge in [-0.2, -0.15) is 11.8 Å². The SMILES string of the molecule is CSC1(CNS(=O)(=O)c2cc(N)c(C)c(Cl)c2)CCC1. The highest BCUT2D eigenvalue weighted by Gasteiger charge is 2.37. The third-order valence-corrected chi connectivity index (χ3v) is 7.14. The van der Waals surface area contributed by atoms with Crippen LogP contribution in [0.2, 0.25) is 5.02 Å². The maximum Gasteiger partial charge on any atom is 0.240 e. The molecule has 0 radical (unpaired) electrons. The Labute approximate surface area is 129 Å². The van der Waals surface area contributed by atoms with Gasteiger partial charge in [0.25, 0.3) is 0 Å². The van der Waals surface area contributed by atoms with E-state index in [0.29, 0.717) is 22.8 Å². The smallest absolute Gasteiger partial charge is 0.240 e. The van der Waals surface area contributed by atoms with Crippen molar-refractivity contribution >= 4 is 39.1 Å². The summed E-state index contributed by atoms with van der Waals surface area (Å²) in [6.07, 6.45) is 5.28. The van der Waals surface area contributed by atoms with Crippen molar-refractivity contribution in [2.24, 2.45) is 0 Å². The lowest BCUT2D eigenvalue weighted by Crippen LogP contribution is -2.45. The van der Waals surface area contributed by atoms with Crippen LogP contribution >= 0.6 is 23.4 Å². The minimum atomic E-state index is -3.57. The van der Waals surface area contributed by atoms with Crippen LogP contribution in [0.25, 0.3) is 0 Å². The van der Waals surface area contributed by atoms with Crippen molar-refractivity contribution < 1.29 is 8.42 Å². The van der Waals surface area contributed by atoms with Crippen LogP contribution in [0.4, 0.5) is 5.69 Å². The van der Waals surface area contributed by atoms with E-state index in [4.69, 9.17) is 17.3 Å². The molecular formula is C13H19ClN2O2S2. The second kappa shape index (κ2) is 5.75. The number of nitrogens with one attached hydrogen (secondary N) is 1. The second-order valence-corrected chi connectivity index (χ2v) is 8.63. The van der Waals surface area contributed by atoms with Crippen molar-refractivity contribution in [3.8, 4) is 0 Å². The molecule has 0 spiro atoms. The van der Waals surface area contributed by atoms with Gasteiger partial charge in [-0.15, -0.1) is 0 Å². The van der Waals surface area contributed by atoms with E-state index < -0.39 is 10.0 Å². The van der Waals surface area contributed by atoms with E-state index in [1.165, 1.54) is 12.1 Å². The van der Waals surface area contributed by atoms with E-state index in [2.05, 4.69) is 4.72 Å². The zero-order valence-electron chi connectivity index (χ0n) is 11.6. The number of rotatable bonds is 5. The van der Waals surface area contributed by atoms with Gasteiger partial charge in [-0.05, 0) is 43.7 Å². The van der Waals surface area contributed by atoms with Crippen molar-refractivity contribution in [3.05, 3.63) is 22.7 Å². The van der Waals surface area contributed by atoms with Gasteiger partial charge in [0, 0.05) is 22.0 Å². The standard InChI is InChI=1S/C13H19ClN2O2S2/c1-9-11(14)6-10(7-12(9)15)20(17,18)16-8-13(19-2)4-3-5-13/h6-7,16H,3-5,8,15H2,1-2H3. The first kappa shape index (κ1) is 15.9. The zero-order valence-corrected chi connectivity index (χ0v) is 14.0. The molecule has 0 aromatic heterocycles. The Hall–Kier alpha value is -0.430. The number of anilines is 1. The number of halogens is 1. The van der Waals surface area contributed by atoms with Gasteiger partial charge in [0.15, 0.2) is 0 Å². The van der Waals surface area contributed by atoms with Crippen LogP contribution in [0.15, 0.2) is 17.0 Å². The van der Waals surface area contributed by atoms with Crippen LogP contribution in [0.3, 0.4) is 0 Å². The van der Waals surface area contributed by atoms with Crippen LogP contribution in [0.1, 0.15) is 24.8 Å². The van der Waals surface area contributed by atoms with Gasteiger partial charge in [0.2, 0.25) is 10.0 Å². The number of hydrogen-bond acceptors (Lipinski definition) is 4. The first-order valence-electron chi connectivity index (χ1n) is 6.40. The Balaban J connectivity index is 2.18. The Kier molecular flexibility index (Phi) is 4.59. The normalized spacial score (nSPS) is 17.8. The zero-order chi connectivity index (χ0) is 15.0. The first-order chi connectivity index (χ1) is 9.30. The molecule has 1 aliphatic rings. The van der Waals surface area contributed by atoms with Gasteiger partial charge in [-0.25, -0.2) is 13.1 Å². The Morgan fingerprint density at radius 3 is 2.55 bits per heavy atom. The van der Waals surface area contributed by atoms with Gasteiger partial charge < -0.3 is 5.73 Å². The number of nitrogens with two attached hydrogens (primary N) is 1. The number of hydrogen-bond donors (Lipinski definition) is 2. The number of nitrogen functional groups attached to an aromatic ring is 1. The topological polar surface area (TPSA) is 72.2 Å². The molecule has 1 saturated carbocycles. The predicted octanol–water partition coefficient (Wildman–Crippen LogP) is 2.79. The molecule has 4 nitrogen and oxygen atoms in total. The molecule has 7 heteroatoms. The Morgan fingerprint density at radius 1 is 1.45 bits per heavy atom. The number of sulfonamides is 1. The quantitative estimate of drug-likeness (QED) is 0.812. The lowest BCUT2D eigenvalue weighted by atomic mass is 9.84. The van der Waals surface area contributed by atoms with Crippen LogP contribution in [0.5, 0.6) is 0 Å². The molecule has 0 unspecified atom stereocenters. The molecule has 0 bridgehead atoms. The Bertz CT molecular complexity index is 584. The lowest BCUT2D eigenvalue weighted by Gasteiger charge is -2.40. The molecule has 1 aliphatic carbocycles. The average molecular weight is 335 g/mol. The molecule has 0 saturated heterocycles. The van der Waals surface area contributed by atoms with E-state index in [0.717, 1.165) is 19.3 Å². The van der Waals surface area contributed by atoms with Crippen LogP contribution in [-0.2, 0) is 10.0 Å². The largest absolute Gasteiger partial charge is 0.398 e. The van der Waals surface area contributed by atoms with Crippen molar-refractivity contribution in [1.82, 2.24) is 4.72 Å². The van der Waals surface area contributed by atoms with E-state index >= 15 is 0 Å². The van der Waals surface area contributed by atoms with Gasteiger partial charge in [0.1, 0.15) is 0 Å². The minimum Gasteiger partial charge on any atom is -0.398 e. The fourth-order valence-corrected chi connectivity index (χ4v) is 4.65. The molecular weight excluding hydrogens is 316 g/mol. The predicted molar refractivity (Wildman–Crippen MR) is 85.9 cm³/mol. The lowest BCUT2D eigenvalue weighted by molar-refractivity contribution is 0.362. The summed E-state index contributed by atoms with van der Waals surface area (Å²) in [6, 6.07) is 2.90. The first-order valence-corrected chi connectivity index (χ1v) is 9.49. The summed E-state index contributed by atoms with van der Waals surface area (Å²) in [6.45, 7) is 2.21. The average Bonchev–Trinajstić information content (AvgIpc) is 2.34. The Morgan fingerprint density at radius 2 is 2.10 bits per heavy atom. The van der Waals surface area contributed by atoms with Gasteiger partial charge in [-0.3, -0.25) is 0 Å². The third kappa shape index (κ3) is 3.08. The molecule has 0 atom stereocenters. The molecule has 3 N–H and O–H groups in total. The fourth-order valence-electron chi connectivity index (χ4n) is 2.16. The van der Waals surface area contributed by atoms with Crippen LogP contribution < -0.4 is 10.5 Å². The van der Waals surface area contributed by atoms with Gasteiger partial charge >= 0.3 is 0 Å². The fraction of sp³-hybridized carbons (Fsp3) is 0.538. The molecule has 0 aliphatic heterocycles.